The number of rotatable bonds is 5. The van der Waals surface area contributed by atoms with E-state index in [9.17, 15) is 4.79 Å². The number of ether oxygens (including phenoxy) is 1. The molecule has 0 bridgehead atoms. The van der Waals surface area contributed by atoms with E-state index in [4.69, 9.17) is 16.2 Å². The lowest BCUT2D eigenvalue weighted by atomic mass is 10.5. The second kappa shape index (κ2) is 6.16. The van der Waals surface area contributed by atoms with Gasteiger partial charge in [-0.1, -0.05) is 11.8 Å². The van der Waals surface area contributed by atoms with E-state index in [1.807, 2.05) is 0 Å². The fraction of sp³-hybridized carbons (Fsp3) is 0.444. The third-order valence-electron chi connectivity index (χ3n) is 1.59. The Kier molecular flexibility index (Phi) is 4.84. The zero-order valence-electron chi connectivity index (χ0n) is 8.97. The SMILES string of the molecule is CCOC(=O)CCSc1nc(N)cc(N)n1. The Morgan fingerprint density at radius 2 is 2.06 bits per heavy atom. The highest BCUT2D eigenvalue weighted by atomic mass is 32.2. The Labute approximate surface area is 97.8 Å². The summed E-state index contributed by atoms with van der Waals surface area (Å²) in [7, 11) is 0. The maximum atomic E-state index is 11.0. The highest BCUT2D eigenvalue weighted by molar-refractivity contribution is 7.99. The molecule has 0 aliphatic rings. The zero-order chi connectivity index (χ0) is 12.0. The van der Waals surface area contributed by atoms with Gasteiger partial charge in [-0.2, -0.15) is 0 Å². The highest BCUT2D eigenvalue weighted by Gasteiger charge is 2.05. The number of anilines is 2. The van der Waals surface area contributed by atoms with Gasteiger partial charge in [0.2, 0.25) is 0 Å². The van der Waals surface area contributed by atoms with E-state index < -0.39 is 0 Å². The third kappa shape index (κ3) is 4.35. The molecule has 0 aromatic carbocycles. The van der Waals surface area contributed by atoms with Crippen LogP contribution in [-0.2, 0) is 9.53 Å². The molecule has 0 saturated carbocycles. The van der Waals surface area contributed by atoms with Gasteiger partial charge >= 0.3 is 5.97 Å². The monoisotopic (exact) mass is 242 g/mol. The topological polar surface area (TPSA) is 104 Å². The molecule has 0 amide bonds. The number of esters is 1. The van der Waals surface area contributed by atoms with Gasteiger partial charge in [-0.25, -0.2) is 9.97 Å². The van der Waals surface area contributed by atoms with Gasteiger partial charge in [0.15, 0.2) is 5.16 Å². The van der Waals surface area contributed by atoms with Gasteiger partial charge < -0.3 is 16.2 Å². The van der Waals surface area contributed by atoms with Crippen molar-refractivity contribution in [2.45, 2.75) is 18.5 Å². The maximum Gasteiger partial charge on any atom is 0.306 e. The van der Waals surface area contributed by atoms with E-state index in [-0.39, 0.29) is 5.97 Å². The van der Waals surface area contributed by atoms with Crippen LogP contribution in [0.2, 0.25) is 0 Å². The van der Waals surface area contributed by atoms with Crippen molar-refractivity contribution in [3.05, 3.63) is 6.07 Å². The van der Waals surface area contributed by atoms with E-state index in [1.165, 1.54) is 17.8 Å². The first-order valence-electron chi connectivity index (χ1n) is 4.80. The number of carbonyl (C=O) groups excluding carboxylic acids is 1. The molecule has 7 heteroatoms. The summed E-state index contributed by atoms with van der Waals surface area (Å²) in [6, 6.07) is 1.48. The van der Waals surface area contributed by atoms with Crippen LogP contribution in [0.25, 0.3) is 0 Å². The number of aromatic nitrogens is 2. The normalized spacial score (nSPS) is 10.1. The summed E-state index contributed by atoms with van der Waals surface area (Å²) in [4.78, 5) is 19.0. The molecule has 0 atom stereocenters. The van der Waals surface area contributed by atoms with Gasteiger partial charge in [0, 0.05) is 11.8 Å². The number of nitrogens with two attached hydrogens (primary N) is 2. The molecule has 16 heavy (non-hydrogen) atoms. The van der Waals surface area contributed by atoms with Crippen molar-refractivity contribution in [1.82, 2.24) is 9.97 Å². The van der Waals surface area contributed by atoms with Crippen molar-refractivity contribution < 1.29 is 9.53 Å². The second-order valence-corrected chi connectivity index (χ2v) is 3.97. The molecule has 1 aromatic heterocycles. The fourth-order valence-corrected chi connectivity index (χ4v) is 1.78. The minimum absolute atomic E-state index is 0.230. The van der Waals surface area contributed by atoms with E-state index in [1.54, 1.807) is 6.92 Å². The summed E-state index contributed by atoms with van der Waals surface area (Å²) in [5.41, 5.74) is 11.0. The first kappa shape index (κ1) is 12.6. The van der Waals surface area contributed by atoms with Crippen molar-refractivity contribution in [3.63, 3.8) is 0 Å². The van der Waals surface area contributed by atoms with Crippen molar-refractivity contribution in [2.24, 2.45) is 0 Å². The lowest BCUT2D eigenvalue weighted by molar-refractivity contribution is -0.142. The Morgan fingerprint density at radius 1 is 1.44 bits per heavy atom. The van der Waals surface area contributed by atoms with E-state index in [0.717, 1.165) is 0 Å². The van der Waals surface area contributed by atoms with Crippen LogP contribution >= 0.6 is 11.8 Å². The summed E-state index contributed by atoms with van der Waals surface area (Å²) < 4.78 is 4.78. The molecular formula is C9H14N4O2S. The second-order valence-electron chi connectivity index (χ2n) is 2.90. The minimum atomic E-state index is -0.230. The van der Waals surface area contributed by atoms with Crippen molar-refractivity contribution in [1.29, 1.82) is 0 Å². The molecule has 0 radical (unpaired) electrons. The summed E-state index contributed by atoms with van der Waals surface area (Å²) >= 11 is 1.32. The van der Waals surface area contributed by atoms with Crippen LogP contribution in [0.5, 0.6) is 0 Å². The van der Waals surface area contributed by atoms with Gasteiger partial charge in [-0.05, 0) is 6.92 Å². The van der Waals surface area contributed by atoms with Crippen molar-refractivity contribution in [2.75, 3.05) is 23.8 Å². The first-order valence-corrected chi connectivity index (χ1v) is 5.79. The molecular weight excluding hydrogens is 228 g/mol. The number of nitrogens with zero attached hydrogens (tertiary/aromatic N) is 2. The lowest BCUT2D eigenvalue weighted by Crippen LogP contribution is -2.05. The Bertz CT molecular complexity index is 352. The molecule has 0 spiro atoms. The minimum Gasteiger partial charge on any atom is -0.466 e. The molecule has 1 heterocycles. The largest absolute Gasteiger partial charge is 0.466 e. The highest BCUT2D eigenvalue weighted by Crippen LogP contribution is 2.17. The zero-order valence-corrected chi connectivity index (χ0v) is 9.79. The Balaban J connectivity index is 2.40. The summed E-state index contributed by atoms with van der Waals surface area (Å²) in [6.07, 6.45) is 0.316. The number of hydrogen-bond donors (Lipinski definition) is 2. The van der Waals surface area contributed by atoms with Crippen LogP contribution in [0.15, 0.2) is 11.2 Å². The number of hydrogen-bond acceptors (Lipinski definition) is 7. The molecule has 88 valence electrons. The van der Waals surface area contributed by atoms with Gasteiger partial charge in [0.25, 0.3) is 0 Å². The van der Waals surface area contributed by atoms with Crippen molar-refractivity contribution >= 4 is 29.4 Å². The molecule has 0 unspecified atom stereocenters. The van der Waals surface area contributed by atoms with E-state index in [2.05, 4.69) is 9.97 Å². The third-order valence-corrected chi connectivity index (χ3v) is 2.44. The Morgan fingerprint density at radius 3 is 2.62 bits per heavy atom. The van der Waals surface area contributed by atoms with Crippen LogP contribution in [-0.4, -0.2) is 28.3 Å². The average molecular weight is 242 g/mol. The van der Waals surface area contributed by atoms with Gasteiger partial charge in [0.1, 0.15) is 11.6 Å². The lowest BCUT2D eigenvalue weighted by Gasteiger charge is -2.02. The smallest absolute Gasteiger partial charge is 0.306 e. The maximum absolute atomic E-state index is 11.0. The van der Waals surface area contributed by atoms with Gasteiger partial charge in [-0.3, -0.25) is 4.79 Å². The fourth-order valence-electron chi connectivity index (χ4n) is 0.985. The molecule has 6 nitrogen and oxygen atoms in total. The number of carbonyl (C=O) groups is 1. The molecule has 1 aromatic rings. The summed E-state index contributed by atoms with van der Waals surface area (Å²) in [6.45, 7) is 2.16. The molecule has 0 aliphatic heterocycles. The Hall–Kier alpha value is -1.50. The van der Waals surface area contributed by atoms with Crippen LogP contribution in [0.4, 0.5) is 11.6 Å². The van der Waals surface area contributed by atoms with E-state index >= 15 is 0 Å². The van der Waals surface area contributed by atoms with Crippen LogP contribution < -0.4 is 11.5 Å². The predicted octanol–water partition coefficient (Wildman–Crippen LogP) is 0.686. The summed E-state index contributed by atoms with van der Waals surface area (Å²) in [5, 5.41) is 0.474. The average Bonchev–Trinajstić information content (AvgIpc) is 2.16. The van der Waals surface area contributed by atoms with Crippen molar-refractivity contribution in [3.8, 4) is 0 Å². The molecule has 0 aliphatic carbocycles. The van der Waals surface area contributed by atoms with E-state index in [0.29, 0.717) is 35.6 Å². The van der Waals surface area contributed by atoms with Crippen LogP contribution in [0.3, 0.4) is 0 Å². The predicted molar refractivity (Wildman–Crippen MR) is 62.8 cm³/mol. The quantitative estimate of drug-likeness (QED) is 0.444. The summed E-state index contributed by atoms with van der Waals surface area (Å²) in [5.74, 6) is 0.964. The van der Waals surface area contributed by atoms with Crippen LogP contribution in [0, 0.1) is 0 Å². The van der Waals surface area contributed by atoms with Gasteiger partial charge in [-0.15, -0.1) is 0 Å². The van der Waals surface area contributed by atoms with Crippen LogP contribution in [0.1, 0.15) is 13.3 Å². The molecule has 1 rings (SSSR count). The molecule has 0 fully saturated rings. The molecule has 4 N–H and O–H groups in total. The molecule has 0 saturated heterocycles. The standard InChI is InChI=1S/C9H14N4O2S/c1-2-15-8(14)3-4-16-9-12-6(10)5-7(11)13-9/h5H,2-4H2,1H3,(H4,10,11,12,13). The number of thioether (sulfide) groups is 1. The number of nitrogen functional groups attached to an aromatic ring is 2. The van der Waals surface area contributed by atoms with Gasteiger partial charge in [0.05, 0.1) is 13.0 Å². The first-order chi connectivity index (χ1) is 7.61.